The Kier molecular flexibility index (Phi) is 6.92. The summed E-state index contributed by atoms with van der Waals surface area (Å²) in [5.74, 6) is 0.451. The molecule has 3 fully saturated rings. The summed E-state index contributed by atoms with van der Waals surface area (Å²) in [5, 5.41) is 3.03. The van der Waals surface area contributed by atoms with E-state index in [1.165, 1.54) is 38.5 Å². The molecule has 2 amide bonds. The Morgan fingerprint density at radius 1 is 0.962 bits per heavy atom. The normalized spacial score (nSPS) is 23.8. The first-order chi connectivity index (χ1) is 12.6. The van der Waals surface area contributed by atoms with Gasteiger partial charge in [0.1, 0.15) is 0 Å². The van der Waals surface area contributed by atoms with E-state index in [0.717, 1.165) is 32.6 Å². The standard InChI is InChI=1S/C20H36N4O2/c1-3-16(2)21-19(25)14-22-10-12-23(13-11-22)15-20(26)24(18-8-9-18)17-6-4-5-7-17/h16-18H,3-15H2,1-2H3,(H,21,25). The minimum absolute atomic E-state index is 0.116. The molecule has 3 aliphatic rings. The zero-order chi connectivity index (χ0) is 18.5. The van der Waals surface area contributed by atoms with Crippen molar-refractivity contribution < 1.29 is 9.59 Å². The molecule has 1 N–H and O–H groups in total. The number of carbonyl (C=O) groups is 2. The maximum Gasteiger partial charge on any atom is 0.237 e. The average Bonchev–Trinajstić information content (AvgIpc) is 3.30. The Bertz CT molecular complexity index is 480. The fraction of sp³-hybridized carbons (Fsp3) is 0.900. The number of hydrogen-bond donors (Lipinski definition) is 1. The Balaban J connectivity index is 1.40. The summed E-state index contributed by atoms with van der Waals surface area (Å²) in [6.45, 7) is 8.65. The second-order valence-electron chi connectivity index (χ2n) is 8.40. The highest BCUT2D eigenvalue weighted by molar-refractivity contribution is 5.79. The van der Waals surface area contributed by atoms with Crippen molar-refractivity contribution in [2.75, 3.05) is 39.3 Å². The van der Waals surface area contributed by atoms with Crippen LogP contribution < -0.4 is 5.32 Å². The summed E-state index contributed by atoms with van der Waals surface area (Å²) in [4.78, 5) is 31.6. The Morgan fingerprint density at radius 2 is 1.50 bits per heavy atom. The maximum atomic E-state index is 12.9. The monoisotopic (exact) mass is 364 g/mol. The van der Waals surface area contributed by atoms with Crippen LogP contribution in [-0.4, -0.2) is 83.9 Å². The third-order valence-corrected chi connectivity index (χ3v) is 6.16. The lowest BCUT2D eigenvalue weighted by Gasteiger charge is -2.36. The molecule has 0 bridgehead atoms. The van der Waals surface area contributed by atoms with Gasteiger partial charge < -0.3 is 10.2 Å². The highest BCUT2D eigenvalue weighted by Gasteiger charge is 2.38. The van der Waals surface area contributed by atoms with Gasteiger partial charge >= 0.3 is 0 Å². The van der Waals surface area contributed by atoms with Crippen LogP contribution in [0.3, 0.4) is 0 Å². The van der Waals surface area contributed by atoms with Crippen molar-refractivity contribution in [1.82, 2.24) is 20.0 Å². The molecule has 1 aliphatic heterocycles. The minimum atomic E-state index is 0.116. The largest absolute Gasteiger partial charge is 0.353 e. The van der Waals surface area contributed by atoms with Crippen LogP contribution in [0.25, 0.3) is 0 Å². The van der Waals surface area contributed by atoms with E-state index in [1.807, 2.05) is 6.92 Å². The number of carbonyl (C=O) groups excluding carboxylic acids is 2. The summed E-state index contributed by atoms with van der Waals surface area (Å²) < 4.78 is 0. The molecular formula is C20H36N4O2. The second kappa shape index (κ2) is 9.18. The van der Waals surface area contributed by atoms with Crippen LogP contribution in [0.4, 0.5) is 0 Å². The number of hydrogen-bond acceptors (Lipinski definition) is 4. The molecule has 148 valence electrons. The minimum Gasteiger partial charge on any atom is -0.353 e. The van der Waals surface area contributed by atoms with Gasteiger partial charge in [0.2, 0.25) is 11.8 Å². The van der Waals surface area contributed by atoms with Gasteiger partial charge in [-0.15, -0.1) is 0 Å². The molecule has 3 rings (SSSR count). The van der Waals surface area contributed by atoms with Crippen molar-refractivity contribution in [3.63, 3.8) is 0 Å². The predicted molar refractivity (Wildman–Crippen MR) is 103 cm³/mol. The molecule has 6 heteroatoms. The van der Waals surface area contributed by atoms with Crippen molar-refractivity contribution in [1.29, 1.82) is 0 Å². The average molecular weight is 365 g/mol. The van der Waals surface area contributed by atoms with E-state index in [0.29, 0.717) is 31.1 Å². The predicted octanol–water partition coefficient (Wildman–Crippen LogP) is 1.45. The molecule has 1 unspecified atom stereocenters. The van der Waals surface area contributed by atoms with Crippen LogP contribution in [0.2, 0.25) is 0 Å². The number of nitrogens with zero attached hydrogens (tertiary/aromatic N) is 3. The van der Waals surface area contributed by atoms with E-state index < -0.39 is 0 Å². The van der Waals surface area contributed by atoms with Crippen molar-refractivity contribution in [3.8, 4) is 0 Å². The molecular weight excluding hydrogens is 328 g/mol. The van der Waals surface area contributed by atoms with Crippen molar-refractivity contribution >= 4 is 11.8 Å². The Labute approximate surface area is 158 Å². The van der Waals surface area contributed by atoms with Gasteiger partial charge in [0.25, 0.3) is 0 Å². The summed E-state index contributed by atoms with van der Waals surface area (Å²) in [7, 11) is 0. The second-order valence-corrected chi connectivity index (χ2v) is 8.40. The molecule has 0 aromatic carbocycles. The fourth-order valence-corrected chi connectivity index (χ4v) is 4.24. The van der Waals surface area contributed by atoms with Gasteiger partial charge in [-0.2, -0.15) is 0 Å². The maximum absolute atomic E-state index is 12.9. The topological polar surface area (TPSA) is 55.9 Å². The zero-order valence-corrected chi connectivity index (χ0v) is 16.6. The first kappa shape index (κ1) is 19.6. The summed E-state index contributed by atoms with van der Waals surface area (Å²) in [6.07, 6.45) is 8.29. The van der Waals surface area contributed by atoms with Crippen LogP contribution in [-0.2, 0) is 9.59 Å². The third kappa shape index (κ3) is 5.43. The van der Waals surface area contributed by atoms with Gasteiger partial charge in [-0.05, 0) is 39.0 Å². The van der Waals surface area contributed by atoms with Crippen LogP contribution >= 0.6 is 0 Å². The van der Waals surface area contributed by atoms with Gasteiger partial charge in [-0.25, -0.2) is 0 Å². The van der Waals surface area contributed by atoms with Gasteiger partial charge in [-0.3, -0.25) is 19.4 Å². The number of nitrogens with one attached hydrogen (secondary N) is 1. The number of rotatable bonds is 8. The zero-order valence-electron chi connectivity index (χ0n) is 16.6. The lowest BCUT2D eigenvalue weighted by molar-refractivity contribution is -0.136. The van der Waals surface area contributed by atoms with Gasteiger partial charge in [0.05, 0.1) is 13.1 Å². The molecule has 0 spiro atoms. The van der Waals surface area contributed by atoms with Crippen molar-refractivity contribution in [3.05, 3.63) is 0 Å². The van der Waals surface area contributed by atoms with Crippen LogP contribution in [0.5, 0.6) is 0 Å². The molecule has 2 aliphatic carbocycles. The first-order valence-corrected chi connectivity index (χ1v) is 10.6. The summed E-state index contributed by atoms with van der Waals surface area (Å²) >= 11 is 0. The Morgan fingerprint density at radius 3 is 2.04 bits per heavy atom. The van der Waals surface area contributed by atoms with Gasteiger partial charge in [0.15, 0.2) is 0 Å². The smallest absolute Gasteiger partial charge is 0.237 e. The summed E-state index contributed by atoms with van der Waals surface area (Å²) in [5.41, 5.74) is 0. The molecule has 1 heterocycles. The SMILES string of the molecule is CCC(C)NC(=O)CN1CCN(CC(=O)N(C2CCCC2)C2CC2)CC1. The molecule has 2 saturated carbocycles. The van der Waals surface area contributed by atoms with Crippen molar-refractivity contribution in [2.24, 2.45) is 0 Å². The van der Waals surface area contributed by atoms with E-state index in [9.17, 15) is 9.59 Å². The highest BCUT2D eigenvalue weighted by atomic mass is 16.2. The molecule has 0 aromatic rings. The number of piperazine rings is 1. The lowest BCUT2D eigenvalue weighted by atomic mass is 10.2. The Hall–Kier alpha value is -1.14. The molecule has 26 heavy (non-hydrogen) atoms. The van der Waals surface area contributed by atoms with E-state index in [4.69, 9.17) is 0 Å². The first-order valence-electron chi connectivity index (χ1n) is 10.6. The molecule has 6 nitrogen and oxygen atoms in total. The van der Waals surface area contributed by atoms with Crippen LogP contribution in [0, 0.1) is 0 Å². The van der Waals surface area contributed by atoms with Gasteiger partial charge in [0, 0.05) is 44.3 Å². The highest BCUT2D eigenvalue weighted by Crippen LogP contribution is 2.34. The quantitative estimate of drug-likeness (QED) is 0.708. The summed E-state index contributed by atoms with van der Waals surface area (Å²) in [6, 6.07) is 1.27. The molecule has 1 atom stereocenters. The van der Waals surface area contributed by atoms with E-state index in [1.54, 1.807) is 0 Å². The van der Waals surface area contributed by atoms with Crippen molar-refractivity contribution in [2.45, 2.75) is 76.9 Å². The van der Waals surface area contributed by atoms with E-state index in [2.05, 4.69) is 26.9 Å². The molecule has 1 saturated heterocycles. The van der Waals surface area contributed by atoms with E-state index in [-0.39, 0.29) is 11.9 Å². The fourth-order valence-electron chi connectivity index (χ4n) is 4.24. The lowest BCUT2D eigenvalue weighted by Crippen LogP contribution is -2.53. The van der Waals surface area contributed by atoms with Gasteiger partial charge in [-0.1, -0.05) is 19.8 Å². The van der Waals surface area contributed by atoms with Crippen LogP contribution in [0.15, 0.2) is 0 Å². The number of amides is 2. The molecule has 0 aromatic heterocycles. The third-order valence-electron chi connectivity index (χ3n) is 6.16. The molecule has 0 radical (unpaired) electrons. The van der Waals surface area contributed by atoms with E-state index >= 15 is 0 Å². The van der Waals surface area contributed by atoms with Crippen LogP contribution in [0.1, 0.15) is 58.8 Å².